The van der Waals surface area contributed by atoms with Gasteiger partial charge in [-0.1, -0.05) is 6.07 Å². The van der Waals surface area contributed by atoms with Crippen molar-refractivity contribution in [3.8, 4) is 0 Å². The van der Waals surface area contributed by atoms with Crippen LogP contribution in [0.4, 0.5) is 5.82 Å². The van der Waals surface area contributed by atoms with E-state index in [1.54, 1.807) is 17.5 Å². The van der Waals surface area contributed by atoms with Crippen LogP contribution < -0.4 is 10.5 Å². The minimum absolute atomic E-state index is 0.0953. The minimum Gasteiger partial charge on any atom is -0.353 e. The third kappa shape index (κ3) is 4.22. The number of thiophene rings is 1. The molecule has 0 bridgehead atoms. The first-order valence-electron chi connectivity index (χ1n) is 9.99. The zero-order chi connectivity index (χ0) is 21.3. The second-order valence-electron chi connectivity index (χ2n) is 7.43. The Balaban J connectivity index is 1.34. The number of thioether (sulfide) groups is 1. The van der Waals surface area contributed by atoms with E-state index in [1.807, 2.05) is 43.9 Å². The number of carbonyl (C=O) groups is 1. The Morgan fingerprint density at radius 3 is 2.73 bits per heavy atom. The van der Waals surface area contributed by atoms with E-state index in [0.717, 1.165) is 34.2 Å². The van der Waals surface area contributed by atoms with Gasteiger partial charge in [0.15, 0.2) is 0 Å². The van der Waals surface area contributed by atoms with Gasteiger partial charge in [-0.3, -0.25) is 9.59 Å². The molecule has 3 aromatic heterocycles. The average Bonchev–Trinajstić information content (AvgIpc) is 3.06. The Labute approximate surface area is 183 Å². The smallest absolute Gasteiger partial charge is 0.259 e. The third-order valence-corrected chi connectivity index (χ3v) is 7.71. The molecule has 0 saturated carbocycles. The van der Waals surface area contributed by atoms with Gasteiger partial charge >= 0.3 is 0 Å². The van der Waals surface area contributed by atoms with Crippen LogP contribution in [0, 0.1) is 13.8 Å². The molecular formula is C21H25N5O2S2. The number of nitrogens with zero attached hydrogens (tertiary/aromatic N) is 4. The van der Waals surface area contributed by atoms with Crippen LogP contribution in [0.3, 0.4) is 0 Å². The zero-order valence-electron chi connectivity index (χ0n) is 17.3. The van der Waals surface area contributed by atoms with Crippen molar-refractivity contribution in [2.24, 2.45) is 0 Å². The van der Waals surface area contributed by atoms with Gasteiger partial charge < -0.3 is 14.8 Å². The van der Waals surface area contributed by atoms with E-state index in [4.69, 9.17) is 0 Å². The monoisotopic (exact) mass is 443 g/mol. The van der Waals surface area contributed by atoms with Crippen LogP contribution in [-0.2, 0) is 10.5 Å². The Morgan fingerprint density at radius 2 is 2.03 bits per heavy atom. The maximum absolute atomic E-state index is 12.9. The molecule has 0 radical (unpaired) electrons. The first-order chi connectivity index (χ1) is 14.4. The summed E-state index contributed by atoms with van der Waals surface area (Å²) in [5.74, 6) is 2.21. The molecule has 30 heavy (non-hydrogen) atoms. The van der Waals surface area contributed by atoms with E-state index < -0.39 is 0 Å². The number of amides is 1. The van der Waals surface area contributed by atoms with Gasteiger partial charge in [0, 0.05) is 37.3 Å². The summed E-state index contributed by atoms with van der Waals surface area (Å²) >= 11 is 3.05. The lowest BCUT2D eigenvalue weighted by Gasteiger charge is -2.36. The fraction of sp³-hybridized carbons (Fsp3) is 0.429. The molecule has 4 rings (SSSR count). The van der Waals surface area contributed by atoms with Crippen LogP contribution in [0.2, 0.25) is 0 Å². The van der Waals surface area contributed by atoms with Crippen molar-refractivity contribution in [2.75, 3.05) is 31.1 Å². The molecule has 0 unspecified atom stereocenters. The van der Waals surface area contributed by atoms with Gasteiger partial charge in [0.2, 0.25) is 5.91 Å². The molecule has 0 aromatic carbocycles. The highest BCUT2D eigenvalue weighted by molar-refractivity contribution is 7.99. The molecule has 0 aliphatic carbocycles. The SMILES string of the molecule is Cc1sc2nc(CS[C@@H](C)C(=O)N3CCN(c4ccccn4)CC3)[nH]c(=O)c2c1C. The van der Waals surface area contributed by atoms with Crippen molar-refractivity contribution >= 4 is 45.0 Å². The van der Waals surface area contributed by atoms with Crippen LogP contribution in [0.15, 0.2) is 29.2 Å². The Morgan fingerprint density at radius 1 is 1.27 bits per heavy atom. The van der Waals surface area contributed by atoms with Crippen molar-refractivity contribution in [1.82, 2.24) is 19.9 Å². The summed E-state index contributed by atoms with van der Waals surface area (Å²) in [6.45, 7) is 8.82. The van der Waals surface area contributed by atoms with Gasteiger partial charge in [-0.25, -0.2) is 9.97 Å². The summed E-state index contributed by atoms with van der Waals surface area (Å²) in [5.41, 5.74) is 0.901. The summed E-state index contributed by atoms with van der Waals surface area (Å²) in [5, 5.41) is 0.486. The largest absolute Gasteiger partial charge is 0.353 e. The maximum Gasteiger partial charge on any atom is 0.259 e. The van der Waals surface area contributed by atoms with Crippen molar-refractivity contribution in [3.05, 3.63) is 51.0 Å². The second kappa shape index (κ2) is 8.77. The van der Waals surface area contributed by atoms with Crippen molar-refractivity contribution in [2.45, 2.75) is 31.8 Å². The fourth-order valence-electron chi connectivity index (χ4n) is 3.60. The summed E-state index contributed by atoms with van der Waals surface area (Å²) < 4.78 is 0. The predicted octanol–water partition coefficient (Wildman–Crippen LogP) is 2.97. The van der Waals surface area contributed by atoms with E-state index in [2.05, 4.69) is 19.9 Å². The number of aryl methyl sites for hydroxylation is 2. The van der Waals surface area contributed by atoms with Crippen LogP contribution in [0.1, 0.15) is 23.2 Å². The van der Waals surface area contributed by atoms with E-state index in [0.29, 0.717) is 30.1 Å². The van der Waals surface area contributed by atoms with Crippen molar-refractivity contribution < 1.29 is 4.79 Å². The molecule has 1 fully saturated rings. The van der Waals surface area contributed by atoms with Crippen LogP contribution in [0.5, 0.6) is 0 Å². The second-order valence-corrected chi connectivity index (χ2v) is 9.96. The van der Waals surface area contributed by atoms with Gasteiger partial charge in [0.1, 0.15) is 16.5 Å². The number of anilines is 1. The Kier molecular flexibility index (Phi) is 6.10. The Hall–Kier alpha value is -2.39. The predicted molar refractivity (Wildman–Crippen MR) is 124 cm³/mol. The van der Waals surface area contributed by atoms with E-state index in [1.165, 1.54) is 11.8 Å². The molecule has 7 nitrogen and oxygen atoms in total. The van der Waals surface area contributed by atoms with Crippen molar-refractivity contribution in [3.63, 3.8) is 0 Å². The molecule has 1 amide bonds. The lowest BCUT2D eigenvalue weighted by atomic mass is 10.2. The fourth-order valence-corrected chi connectivity index (χ4v) is 5.48. The van der Waals surface area contributed by atoms with Crippen LogP contribution in [0.25, 0.3) is 10.2 Å². The molecule has 1 saturated heterocycles. The van der Waals surface area contributed by atoms with Gasteiger partial charge in [-0.15, -0.1) is 23.1 Å². The molecule has 1 N–H and O–H groups in total. The molecule has 1 aliphatic rings. The molecule has 158 valence electrons. The van der Waals surface area contributed by atoms with Gasteiger partial charge in [-0.05, 0) is 38.5 Å². The van der Waals surface area contributed by atoms with E-state index >= 15 is 0 Å². The average molecular weight is 444 g/mol. The minimum atomic E-state index is -0.195. The van der Waals surface area contributed by atoms with Gasteiger partial charge in [0.05, 0.1) is 16.4 Å². The van der Waals surface area contributed by atoms with E-state index in [9.17, 15) is 9.59 Å². The van der Waals surface area contributed by atoms with Crippen molar-refractivity contribution in [1.29, 1.82) is 0 Å². The quantitative estimate of drug-likeness (QED) is 0.653. The standard InChI is InChI=1S/C21H25N5O2S2/c1-13-14(2)30-20-18(13)19(27)23-16(24-20)12-29-15(3)21(28)26-10-8-25(9-11-26)17-6-4-5-7-22-17/h4-7,15H,8-12H2,1-3H3,(H,23,24,27)/t15-/m0/s1. The molecule has 3 aromatic rings. The molecule has 1 aliphatic heterocycles. The van der Waals surface area contributed by atoms with Crippen LogP contribution >= 0.6 is 23.1 Å². The Bertz CT molecular complexity index is 1100. The molecule has 1 atom stereocenters. The highest BCUT2D eigenvalue weighted by atomic mass is 32.2. The maximum atomic E-state index is 12.9. The number of aromatic nitrogens is 3. The summed E-state index contributed by atoms with van der Waals surface area (Å²) in [4.78, 5) is 43.2. The summed E-state index contributed by atoms with van der Waals surface area (Å²) in [7, 11) is 0. The molecule has 0 spiro atoms. The number of rotatable bonds is 5. The number of H-pyrrole nitrogens is 1. The van der Waals surface area contributed by atoms with Gasteiger partial charge in [-0.2, -0.15) is 0 Å². The lowest BCUT2D eigenvalue weighted by Crippen LogP contribution is -2.50. The number of nitrogens with one attached hydrogen (secondary N) is 1. The number of hydrogen-bond donors (Lipinski definition) is 1. The number of hydrogen-bond acceptors (Lipinski definition) is 7. The highest BCUT2D eigenvalue weighted by Gasteiger charge is 2.26. The third-order valence-electron chi connectivity index (χ3n) is 5.47. The number of piperazine rings is 1. The number of aromatic amines is 1. The highest BCUT2D eigenvalue weighted by Crippen LogP contribution is 2.27. The number of pyridine rings is 1. The van der Waals surface area contributed by atoms with Crippen LogP contribution in [-0.4, -0.2) is 57.2 Å². The molecular weight excluding hydrogens is 418 g/mol. The molecule has 9 heteroatoms. The molecule has 4 heterocycles. The summed E-state index contributed by atoms with van der Waals surface area (Å²) in [6, 6.07) is 5.88. The number of carbonyl (C=O) groups excluding carboxylic acids is 1. The first kappa shape index (κ1) is 20.9. The summed E-state index contributed by atoms with van der Waals surface area (Å²) in [6.07, 6.45) is 1.79. The van der Waals surface area contributed by atoms with Gasteiger partial charge in [0.25, 0.3) is 5.56 Å². The number of fused-ring (bicyclic) bond motifs is 1. The first-order valence-corrected chi connectivity index (χ1v) is 11.9. The van der Waals surface area contributed by atoms with E-state index in [-0.39, 0.29) is 16.7 Å². The normalized spacial score (nSPS) is 15.6. The lowest BCUT2D eigenvalue weighted by molar-refractivity contribution is -0.130. The zero-order valence-corrected chi connectivity index (χ0v) is 19.0. The topological polar surface area (TPSA) is 82.2 Å².